The van der Waals surface area contributed by atoms with Gasteiger partial charge >= 0.3 is 12.2 Å². The largest absolute Gasteiger partial charge is 0.444 e. The summed E-state index contributed by atoms with van der Waals surface area (Å²) in [6.07, 6.45) is 2.21. The van der Waals surface area contributed by atoms with Crippen LogP contribution < -0.4 is 21.3 Å². The molecule has 0 bridgehead atoms. The molecule has 350 valence electrons. The summed E-state index contributed by atoms with van der Waals surface area (Å²) in [5.41, 5.74) is 5.91. The van der Waals surface area contributed by atoms with Crippen LogP contribution in [0.4, 0.5) is 21.0 Å². The molecule has 2 aliphatic heterocycles. The smallest absolute Gasteiger partial charge is 0.408 e. The standard InChI is InChI=1S/C52H59N7O8/c1-51(2,3)66-49(64)56-42(31-15-9-7-10-16-31)47(62)58-27-13-19-40(58)45(60)53-34-22-25-36-33(29-34)21-24-37-38-30-35(23-26-39(38)55-44(36)37)54-46(61)41-20-14-28-59(41)48(63)43(32-17-11-8-12-18-32)57-50(65)67-52(4,5)6/h7-12,15-18,22-23,25-26,29-30,40-43,55H,13-14,19-21,24,27-28H2,1-6H3,(H,53,60)(H,54,61)(H,56,64)(H,57,65)/t40-,41-,42-,43-/m0/s1. The Morgan fingerprint density at radius 3 is 1.58 bits per heavy atom. The highest BCUT2D eigenvalue weighted by molar-refractivity contribution is 6.02. The van der Waals surface area contributed by atoms with E-state index in [0.29, 0.717) is 74.1 Å². The summed E-state index contributed by atoms with van der Waals surface area (Å²) in [4.78, 5) is 88.5. The maximum absolute atomic E-state index is 14.1. The van der Waals surface area contributed by atoms with Crippen LogP contribution in [0.25, 0.3) is 22.2 Å². The average Bonchev–Trinajstić information content (AvgIpc) is 4.06. The van der Waals surface area contributed by atoms with Crippen LogP contribution in [0.1, 0.15) is 102 Å². The summed E-state index contributed by atoms with van der Waals surface area (Å²) < 4.78 is 11.0. The minimum absolute atomic E-state index is 0.301. The highest BCUT2D eigenvalue weighted by Gasteiger charge is 2.41. The fourth-order valence-corrected chi connectivity index (χ4v) is 9.30. The van der Waals surface area contributed by atoms with Crippen LogP contribution in [-0.2, 0) is 41.5 Å². The number of carbonyl (C=O) groups excluding carboxylic acids is 6. The van der Waals surface area contributed by atoms with Gasteiger partial charge in [-0.15, -0.1) is 0 Å². The Kier molecular flexibility index (Phi) is 13.1. The van der Waals surface area contributed by atoms with Crippen LogP contribution in [0.3, 0.4) is 0 Å². The van der Waals surface area contributed by atoms with E-state index < -0.39 is 47.6 Å². The number of aromatic nitrogens is 1. The number of fused-ring (bicyclic) bond motifs is 5. The van der Waals surface area contributed by atoms with Gasteiger partial charge in [-0.25, -0.2) is 9.59 Å². The molecule has 1 aliphatic carbocycles. The van der Waals surface area contributed by atoms with Crippen molar-refractivity contribution in [1.29, 1.82) is 0 Å². The van der Waals surface area contributed by atoms with Crippen molar-refractivity contribution in [2.75, 3.05) is 23.7 Å². The molecule has 5 N–H and O–H groups in total. The van der Waals surface area contributed by atoms with E-state index in [2.05, 4.69) is 26.3 Å². The van der Waals surface area contributed by atoms with Gasteiger partial charge in [-0.05, 0) is 133 Å². The van der Waals surface area contributed by atoms with Crippen LogP contribution in [0.5, 0.6) is 0 Å². The first kappa shape index (κ1) is 46.4. The number of anilines is 2. The normalized spacial score (nSPS) is 17.7. The number of nitrogens with one attached hydrogen (secondary N) is 5. The lowest BCUT2D eigenvalue weighted by Gasteiger charge is -2.30. The number of rotatable bonds is 10. The fourth-order valence-electron chi connectivity index (χ4n) is 9.30. The second kappa shape index (κ2) is 19.0. The number of aromatic amines is 1. The van der Waals surface area contributed by atoms with Gasteiger partial charge in [0, 0.05) is 46.6 Å². The number of aryl methyl sites for hydroxylation is 2. The molecule has 1 aromatic heterocycles. The van der Waals surface area contributed by atoms with Crippen molar-refractivity contribution < 1.29 is 38.2 Å². The maximum Gasteiger partial charge on any atom is 0.408 e. The molecule has 0 radical (unpaired) electrons. The third kappa shape index (κ3) is 10.6. The van der Waals surface area contributed by atoms with Crippen molar-refractivity contribution in [2.24, 2.45) is 0 Å². The molecule has 2 fully saturated rings. The summed E-state index contributed by atoms with van der Waals surface area (Å²) in [6.45, 7) is 11.3. The molecule has 3 heterocycles. The van der Waals surface area contributed by atoms with E-state index in [1.807, 2.05) is 48.5 Å². The van der Waals surface area contributed by atoms with E-state index in [9.17, 15) is 28.8 Å². The second-order valence-electron chi connectivity index (χ2n) is 19.4. The highest BCUT2D eigenvalue weighted by Crippen LogP contribution is 2.40. The zero-order chi connectivity index (χ0) is 47.6. The molecule has 6 amide bonds. The number of carbonyl (C=O) groups is 6. The van der Waals surface area contributed by atoms with Gasteiger partial charge in [-0.3, -0.25) is 19.2 Å². The van der Waals surface area contributed by atoms with Gasteiger partial charge in [0.15, 0.2) is 0 Å². The lowest BCUT2D eigenvalue weighted by Crippen LogP contribution is -2.49. The Morgan fingerprint density at radius 1 is 0.612 bits per heavy atom. The lowest BCUT2D eigenvalue weighted by atomic mass is 9.88. The van der Waals surface area contributed by atoms with E-state index >= 15 is 0 Å². The second-order valence-corrected chi connectivity index (χ2v) is 19.4. The van der Waals surface area contributed by atoms with Crippen LogP contribution in [0, 0.1) is 0 Å². The van der Waals surface area contributed by atoms with E-state index in [4.69, 9.17) is 9.47 Å². The molecule has 67 heavy (non-hydrogen) atoms. The monoisotopic (exact) mass is 909 g/mol. The van der Waals surface area contributed by atoms with Gasteiger partial charge in [0.25, 0.3) is 11.8 Å². The van der Waals surface area contributed by atoms with E-state index in [1.165, 1.54) is 0 Å². The van der Waals surface area contributed by atoms with Crippen molar-refractivity contribution in [3.63, 3.8) is 0 Å². The van der Waals surface area contributed by atoms with Crippen molar-refractivity contribution in [3.8, 4) is 11.3 Å². The average molecular weight is 910 g/mol. The van der Waals surface area contributed by atoms with Gasteiger partial charge in [0.2, 0.25) is 11.8 Å². The van der Waals surface area contributed by atoms with Gasteiger partial charge in [0.05, 0.1) is 0 Å². The molecule has 4 aromatic carbocycles. The number of benzene rings is 4. The third-order valence-electron chi connectivity index (χ3n) is 12.2. The summed E-state index contributed by atoms with van der Waals surface area (Å²) in [7, 11) is 0. The van der Waals surface area contributed by atoms with Crippen molar-refractivity contribution in [3.05, 3.63) is 119 Å². The number of alkyl carbamates (subject to hydrolysis) is 2. The van der Waals surface area contributed by atoms with Crippen LogP contribution in [0.15, 0.2) is 97.1 Å². The van der Waals surface area contributed by atoms with Gasteiger partial charge < -0.3 is 45.5 Å². The predicted octanol–water partition coefficient (Wildman–Crippen LogP) is 8.32. The predicted molar refractivity (Wildman–Crippen MR) is 255 cm³/mol. The summed E-state index contributed by atoms with van der Waals surface area (Å²) >= 11 is 0. The number of ether oxygens (including phenoxy) is 2. The first-order chi connectivity index (χ1) is 31.9. The Morgan fingerprint density at radius 2 is 1.09 bits per heavy atom. The molecule has 8 rings (SSSR count). The molecule has 5 aromatic rings. The topological polar surface area (TPSA) is 191 Å². The van der Waals surface area contributed by atoms with E-state index in [-0.39, 0.29) is 23.6 Å². The number of H-pyrrole nitrogens is 1. The fraction of sp³-hybridized carbons (Fsp3) is 0.385. The molecular formula is C52H59N7O8. The third-order valence-corrected chi connectivity index (χ3v) is 12.2. The van der Waals surface area contributed by atoms with Crippen molar-refractivity contribution >= 4 is 58.1 Å². The number of nitrogens with zero attached hydrogens (tertiary/aromatic N) is 2. The van der Waals surface area contributed by atoms with Gasteiger partial charge in [-0.1, -0.05) is 66.7 Å². The highest BCUT2D eigenvalue weighted by atomic mass is 16.6. The molecule has 15 nitrogen and oxygen atoms in total. The number of amides is 6. The molecule has 15 heteroatoms. The Bertz CT molecular complexity index is 2690. The first-order valence-electron chi connectivity index (χ1n) is 23.0. The minimum Gasteiger partial charge on any atom is -0.444 e. The van der Waals surface area contributed by atoms with Gasteiger partial charge in [-0.2, -0.15) is 0 Å². The Balaban J connectivity index is 0.944. The van der Waals surface area contributed by atoms with E-state index in [1.54, 1.807) is 99.9 Å². The SMILES string of the molecule is CC(C)(C)OC(=O)N[C@H](C(=O)N1CCC[C@H]1C(=O)Nc1ccc2c(c1)CCc1c-2[nH]c2ccc(NC(=O)[C@@H]3CCCN3C(=O)[C@@H](NC(=O)OC(C)(C)C)c3ccccc3)cc12)c1ccccc1. The zero-order valence-electron chi connectivity index (χ0n) is 38.9. The van der Waals surface area contributed by atoms with Crippen LogP contribution in [-0.4, -0.2) is 87.0 Å². The van der Waals surface area contributed by atoms with Gasteiger partial charge in [0.1, 0.15) is 35.4 Å². The lowest BCUT2D eigenvalue weighted by molar-refractivity contribution is -0.138. The summed E-state index contributed by atoms with van der Waals surface area (Å²) in [5.74, 6) is -1.38. The van der Waals surface area contributed by atoms with Crippen molar-refractivity contribution in [1.82, 2.24) is 25.4 Å². The van der Waals surface area contributed by atoms with E-state index in [0.717, 1.165) is 33.3 Å². The number of likely N-dealkylation sites (tertiary alicyclic amines) is 2. The molecule has 0 saturated carbocycles. The Labute approximate surface area is 390 Å². The van der Waals surface area contributed by atoms with Crippen LogP contribution >= 0.6 is 0 Å². The molecule has 4 atom stereocenters. The maximum atomic E-state index is 14.1. The summed E-state index contributed by atoms with van der Waals surface area (Å²) in [6, 6.07) is 25.9. The zero-order valence-corrected chi connectivity index (χ0v) is 38.9. The summed E-state index contributed by atoms with van der Waals surface area (Å²) in [5, 5.41) is 12.6. The Hall–Kier alpha value is -7.16. The number of hydrogen-bond acceptors (Lipinski definition) is 8. The van der Waals surface area contributed by atoms with Crippen molar-refractivity contribution in [2.45, 2.75) is 115 Å². The molecule has 3 aliphatic rings. The molecule has 2 saturated heterocycles. The first-order valence-corrected chi connectivity index (χ1v) is 23.0. The van der Waals surface area contributed by atoms with Crippen LogP contribution in [0.2, 0.25) is 0 Å². The molecular weight excluding hydrogens is 851 g/mol. The quantitative estimate of drug-likeness (QED) is 0.0924. The number of hydrogen-bond donors (Lipinski definition) is 5. The minimum atomic E-state index is -1.04. The molecule has 0 unspecified atom stereocenters. The molecule has 0 spiro atoms.